The van der Waals surface area contributed by atoms with Gasteiger partial charge in [0.2, 0.25) is 5.91 Å². The van der Waals surface area contributed by atoms with Crippen LogP contribution in [-0.2, 0) is 14.4 Å². The standard InChI is InChI=1S/C36H29I2N3O4S/c1-4-7-18-27(6-3)41-35(44)28(20-24-21-29(37)33(30(38)22-24)45-19-5-2)34(43)40-36(41)46-23-31(42)39-32(25-14-10-8-11-15-25)26-16-12-9-13-17-26/h2,4,6-18,20-22,32H,1,19,23H2,3H3,(H,39,42)/b18-7-,27-6+,28-20+. The van der Waals surface area contributed by atoms with Crippen LogP contribution in [-0.4, -0.2) is 40.1 Å². The van der Waals surface area contributed by atoms with Gasteiger partial charge in [-0.1, -0.05) is 103 Å². The summed E-state index contributed by atoms with van der Waals surface area (Å²) in [6.45, 7) is 5.61. The Morgan fingerprint density at radius 1 is 1.09 bits per heavy atom. The maximum atomic E-state index is 14.0. The van der Waals surface area contributed by atoms with E-state index in [1.54, 1.807) is 43.4 Å². The van der Waals surface area contributed by atoms with Crippen molar-refractivity contribution in [3.05, 3.63) is 139 Å². The number of ether oxygens (including phenoxy) is 1. The monoisotopic (exact) mass is 853 g/mol. The first-order valence-corrected chi connectivity index (χ1v) is 17.1. The van der Waals surface area contributed by atoms with E-state index in [0.29, 0.717) is 17.0 Å². The van der Waals surface area contributed by atoms with Gasteiger partial charge in [0.15, 0.2) is 5.17 Å². The second-order valence-electron chi connectivity index (χ2n) is 9.62. The number of rotatable bonds is 11. The molecule has 3 aromatic rings. The molecule has 0 saturated carbocycles. The van der Waals surface area contributed by atoms with Crippen LogP contribution in [0, 0.1) is 19.5 Å². The van der Waals surface area contributed by atoms with Crippen LogP contribution >= 0.6 is 56.9 Å². The summed E-state index contributed by atoms with van der Waals surface area (Å²) < 4.78 is 7.20. The minimum atomic E-state index is -0.698. The molecule has 0 atom stereocenters. The van der Waals surface area contributed by atoms with E-state index in [9.17, 15) is 14.4 Å². The number of nitrogens with one attached hydrogen (secondary N) is 1. The normalized spacial score (nSPS) is 14.4. The van der Waals surface area contributed by atoms with Crippen molar-refractivity contribution < 1.29 is 19.1 Å². The summed E-state index contributed by atoms with van der Waals surface area (Å²) in [5.74, 6) is 1.46. The van der Waals surface area contributed by atoms with Crippen LogP contribution in [0.15, 0.2) is 120 Å². The molecule has 0 saturated heterocycles. The number of terminal acetylenes is 1. The maximum Gasteiger partial charge on any atom is 0.285 e. The van der Waals surface area contributed by atoms with E-state index in [4.69, 9.17) is 11.2 Å². The molecule has 46 heavy (non-hydrogen) atoms. The number of carbonyl (C=O) groups is 3. The molecule has 0 radical (unpaired) electrons. The minimum Gasteiger partial charge on any atom is -0.479 e. The van der Waals surface area contributed by atoms with Gasteiger partial charge >= 0.3 is 0 Å². The van der Waals surface area contributed by atoms with Gasteiger partial charge in [0.25, 0.3) is 11.8 Å². The van der Waals surface area contributed by atoms with Crippen molar-refractivity contribution in [1.82, 2.24) is 10.2 Å². The Morgan fingerprint density at radius 3 is 2.24 bits per heavy atom. The quantitative estimate of drug-likeness (QED) is 0.0720. The van der Waals surface area contributed by atoms with Crippen molar-refractivity contribution in [2.75, 3.05) is 12.4 Å². The van der Waals surface area contributed by atoms with E-state index in [2.05, 4.69) is 68.0 Å². The summed E-state index contributed by atoms with van der Waals surface area (Å²) in [5, 5.41) is 3.19. The highest BCUT2D eigenvalue weighted by atomic mass is 127. The Morgan fingerprint density at radius 2 is 1.70 bits per heavy atom. The zero-order valence-corrected chi connectivity index (χ0v) is 29.9. The summed E-state index contributed by atoms with van der Waals surface area (Å²) >= 11 is 5.26. The Balaban J connectivity index is 1.63. The molecule has 0 fully saturated rings. The average Bonchev–Trinajstić information content (AvgIpc) is 3.06. The first-order valence-electron chi connectivity index (χ1n) is 14.0. The molecular formula is C36H29I2N3O4S. The molecule has 0 spiro atoms. The van der Waals surface area contributed by atoms with Gasteiger partial charge in [-0.25, -0.2) is 0 Å². The number of benzene rings is 3. The molecule has 232 valence electrons. The topological polar surface area (TPSA) is 88.1 Å². The number of amidine groups is 1. The van der Waals surface area contributed by atoms with Crippen LogP contribution in [0.1, 0.15) is 29.7 Å². The van der Waals surface area contributed by atoms with Gasteiger partial charge in [0.1, 0.15) is 17.9 Å². The number of aliphatic imine (C=N–C) groups is 1. The van der Waals surface area contributed by atoms with Gasteiger partial charge in [-0.05, 0) is 93.1 Å². The fourth-order valence-electron chi connectivity index (χ4n) is 4.47. The van der Waals surface area contributed by atoms with Crippen LogP contribution in [0.2, 0.25) is 0 Å². The number of halogens is 2. The van der Waals surface area contributed by atoms with Crippen molar-refractivity contribution in [3.8, 4) is 18.1 Å². The third-order valence-corrected chi connectivity index (χ3v) is 9.09. The fourth-order valence-corrected chi connectivity index (χ4v) is 7.41. The molecule has 0 unspecified atom stereocenters. The van der Waals surface area contributed by atoms with E-state index in [-0.39, 0.29) is 35.0 Å². The number of allylic oxidation sites excluding steroid dienone is 4. The third-order valence-electron chi connectivity index (χ3n) is 6.54. The summed E-state index contributed by atoms with van der Waals surface area (Å²) in [6.07, 6.45) is 13.5. The predicted molar refractivity (Wildman–Crippen MR) is 202 cm³/mol. The van der Waals surface area contributed by atoms with E-state index >= 15 is 0 Å². The second-order valence-corrected chi connectivity index (χ2v) is 12.9. The first-order chi connectivity index (χ1) is 22.3. The highest BCUT2D eigenvalue weighted by Crippen LogP contribution is 2.32. The lowest BCUT2D eigenvalue weighted by Gasteiger charge is -2.28. The molecule has 10 heteroatoms. The number of carbonyl (C=O) groups excluding carboxylic acids is 3. The molecule has 4 rings (SSSR count). The Hall–Kier alpha value is -3.93. The number of amides is 3. The van der Waals surface area contributed by atoms with Crippen LogP contribution < -0.4 is 10.1 Å². The minimum absolute atomic E-state index is 0.0806. The third kappa shape index (κ3) is 8.86. The lowest BCUT2D eigenvalue weighted by molar-refractivity contribution is -0.126. The SMILES string of the molecule is C#CCOc1c(I)cc(/C=C2\C(=O)N=C(SCC(=O)NC(c3ccccc3)c3ccccc3)N(C(/C=C\C=C)=C/C)C2=O)cc1I. The van der Waals surface area contributed by atoms with Gasteiger partial charge < -0.3 is 10.1 Å². The van der Waals surface area contributed by atoms with E-state index in [1.807, 2.05) is 60.7 Å². The number of hydrogen-bond acceptors (Lipinski definition) is 5. The van der Waals surface area contributed by atoms with Crippen LogP contribution in [0.4, 0.5) is 0 Å². The first kappa shape index (κ1) is 34.9. The van der Waals surface area contributed by atoms with Gasteiger partial charge in [-0.3, -0.25) is 19.3 Å². The summed E-state index contributed by atoms with van der Waals surface area (Å²) in [6, 6.07) is 22.5. The van der Waals surface area contributed by atoms with Crippen molar-refractivity contribution in [2.24, 2.45) is 4.99 Å². The number of nitrogens with zero attached hydrogens (tertiary/aromatic N) is 2. The van der Waals surface area contributed by atoms with Crippen LogP contribution in [0.5, 0.6) is 5.75 Å². The highest BCUT2D eigenvalue weighted by molar-refractivity contribution is 14.1. The van der Waals surface area contributed by atoms with Gasteiger partial charge in [-0.2, -0.15) is 4.99 Å². The molecule has 0 bridgehead atoms. The van der Waals surface area contributed by atoms with E-state index in [0.717, 1.165) is 30.0 Å². The number of thioether (sulfide) groups is 1. The molecule has 1 heterocycles. The molecule has 0 aromatic heterocycles. The van der Waals surface area contributed by atoms with Gasteiger partial charge in [0.05, 0.1) is 18.9 Å². The van der Waals surface area contributed by atoms with Crippen molar-refractivity contribution >= 4 is 85.9 Å². The smallest absolute Gasteiger partial charge is 0.285 e. The molecular weight excluding hydrogens is 824 g/mol. The highest BCUT2D eigenvalue weighted by Gasteiger charge is 2.35. The number of hydrogen-bond donors (Lipinski definition) is 1. The van der Waals surface area contributed by atoms with E-state index in [1.165, 1.54) is 11.0 Å². The molecule has 7 nitrogen and oxygen atoms in total. The van der Waals surface area contributed by atoms with Crippen LogP contribution in [0.3, 0.4) is 0 Å². The molecule has 0 aliphatic carbocycles. The second kappa shape index (κ2) is 17.1. The fraction of sp³-hybridized carbons (Fsp3) is 0.111. The average molecular weight is 854 g/mol. The Labute approximate surface area is 300 Å². The zero-order valence-electron chi connectivity index (χ0n) is 24.8. The van der Waals surface area contributed by atoms with Gasteiger partial charge in [0, 0.05) is 5.70 Å². The lowest BCUT2D eigenvalue weighted by atomic mass is 9.99. The Kier molecular flexibility index (Phi) is 13.0. The van der Waals surface area contributed by atoms with Crippen molar-refractivity contribution in [3.63, 3.8) is 0 Å². The van der Waals surface area contributed by atoms with E-state index < -0.39 is 11.8 Å². The summed E-state index contributed by atoms with van der Waals surface area (Å²) in [4.78, 5) is 46.3. The predicted octanol–water partition coefficient (Wildman–Crippen LogP) is 7.30. The molecule has 3 amide bonds. The van der Waals surface area contributed by atoms with Gasteiger partial charge in [-0.15, -0.1) is 6.42 Å². The lowest BCUT2D eigenvalue weighted by Crippen LogP contribution is -2.42. The molecule has 1 aliphatic heterocycles. The molecule has 3 aromatic carbocycles. The maximum absolute atomic E-state index is 14.0. The molecule has 1 aliphatic rings. The zero-order chi connectivity index (χ0) is 33.1. The van der Waals surface area contributed by atoms with Crippen LogP contribution in [0.25, 0.3) is 6.08 Å². The largest absolute Gasteiger partial charge is 0.479 e. The Bertz CT molecular complexity index is 1730. The summed E-state index contributed by atoms with van der Waals surface area (Å²) in [7, 11) is 0. The van der Waals surface area contributed by atoms with Crippen molar-refractivity contribution in [2.45, 2.75) is 13.0 Å². The molecule has 1 N–H and O–H groups in total. The van der Waals surface area contributed by atoms with Crippen molar-refractivity contribution in [1.29, 1.82) is 0 Å². The summed E-state index contributed by atoms with van der Waals surface area (Å²) in [5.41, 5.74) is 2.84.